The maximum absolute atomic E-state index is 9.91. The molecule has 0 rings (SSSR count). The molecule has 0 aliphatic carbocycles. The van der Waals surface area contributed by atoms with E-state index in [0.717, 1.165) is 12.2 Å². The molecular formula is C6H5ClO4. The van der Waals surface area contributed by atoms with Crippen LogP contribution in [0.1, 0.15) is 0 Å². The smallest absolute Gasteiger partial charge is 0.329 e. The predicted octanol–water partition coefficient (Wildman–Crippen LogP) is 0.835. The minimum Gasteiger partial charge on any atom is -0.478 e. The van der Waals surface area contributed by atoms with Gasteiger partial charge in [0.25, 0.3) is 0 Å². The van der Waals surface area contributed by atoms with Gasteiger partial charge in [-0.2, -0.15) is 0 Å². The van der Waals surface area contributed by atoms with Crippen LogP contribution in [-0.4, -0.2) is 22.2 Å². The fourth-order valence-corrected chi connectivity index (χ4v) is 0.473. The average Bonchev–Trinajstić information content (AvgIpc) is 1.82. The molecule has 0 fully saturated rings. The van der Waals surface area contributed by atoms with E-state index in [1.54, 1.807) is 0 Å². The maximum Gasteiger partial charge on any atom is 0.329 e. The van der Waals surface area contributed by atoms with Gasteiger partial charge >= 0.3 is 11.9 Å². The lowest BCUT2D eigenvalue weighted by molar-refractivity contribution is -0.132. The maximum atomic E-state index is 9.91. The minimum absolute atomic E-state index is 0.139. The highest BCUT2D eigenvalue weighted by Crippen LogP contribution is 2.01. The van der Waals surface area contributed by atoms with Crippen molar-refractivity contribution in [3.8, 4) is 0 Å². The van der Waals surface area contributed by atoms with E-state index < -0.39 is 11.9 Å². The van der Waals surface area contributed by atoms with Crippen LogP contribution < -0.4 is 0 Å². The standard InChI is InChI=1S/C6H5ClO4/c7-4(3-6(10)11)1-2-5(8)9/h1-3H,(H,8,9)(H,10,11)/b2-1-,4-3-. The molecule has 11 heavy (non-hydrogen) atoms. The van der Waals surface area contributed by atoms with Crippen molar-refractivity contribution in [2.45, 2.75) is 0 Å². The van der Waals surface area contributed by atoms with E-state index in [9.17, 15) is 9.59 Å². The number of carbonyl (C=O) groups is 2. The summed E-state index contributed by atoms with van der Waals surface area (Å²) in [4.78, 5) is 19.8. The Labute approximate surface area is 67.4 Å². The van der Waals surface area contributed by atoms with Gasteiger partial charge in [0.2, 0.25) is 0 Å². The average molecular weight is 177 g/mol. The second-order valence-corrected chi connectivity index (χ2v) is 1.98. The Morgan fingerprint density at radius 2 is 1.64 bits per heavy atom. The van der Waals surface area contributed by atoms with E-state index in [4.69, 9.17) is 21.8 Å². The molecule has 0 aliphatic heterocycles. The Bertz CT molecular complexity index is 229. The van der Waals surface area contributed by atoms with Crippen LogP contribution in [0.15, 0.2) is 23.3 Å². The highest BCUT2D eigenvalue weighted by atomic mass is 35.5. The molecule has 0 bridgehead atoms. The predicted molar refractivity (Wildman–Crippen MR) is 38.3 cm³/mol. The molecule has 0 unspecified atom stereocenters. The molecule has 0 radical (unpaired) electrons. The van der Waals surface area contributed by atoms with Crippen molar-refractivity contribution in [3.05, 3.63) is 23.3 Å². The number of rotatable bonds is 3. The fourth-order valence-electron chi connectivity index (χ4n) is 0.317. The first-order valence-electron chi connectivity index (χ1n) is 2.53. The molecule has 0 spiro atoms. The Morgan fingerprint density at radius 1 is 1.09 bits per heavy atom. The first kappa shape index (κ1) is 9.71. The molecule has 0 atom stereocenters. The number of hydrogen-bond donors (Lipinski definition) is 2. The van der Waals surface area contributed by atoms with Crippen LogP contribution in [0.4, 0.5) is 0 Å². The zero-order chi connectivity index (χ0) is 8.85. The molecule has 0 saturated carbocycles. The third kappa shape index (κ3) is 6.60. The number of halogens is 1. The first-order valence-corrected chi connectivity index (χ1v) is 2.91. The van der Waals surface area contributed by atoms with E-state index in [2.05, 4.69) is 0 Å². The summed E-state index contributed by atoms with van der Waals surface area (Å²) in [5.41, 5.74) is 0. The van der Waals surface area contributed by atoms with Gasteiger partial charge in [0, 0.05) is 17.2 Å². The monoisotopic (exact) mass is 176 g/mol. The first-order chi connectivity index (χ1) is 5.02. The second kappa shape index (κ2) is 4.51. The normalized spacial score (nSPS) is 11.9. The highest BCUT2D eigenvalue weighted by Gasteiger charge is 1.92. The van der Waals surface area contributed by atoms with Gasteiger partial charge in [0.1, 0.15) is 0 Å². The van der Waals surface area contributed by atoms with Gasteiger partial charge < -0.3 is 10.2 Å². The molecule has 0 saturated heterocycles. The van der Waals surface area contributed by atoms with Crippen LogP contribution in [0.3, 0.4) is 0 Å². The Balaban J connectivity index is 4.17. The molecule has 0 heterocycles. The summed E-state index contributed by atoms with van der Waals surface area (Å²) < 4.78 is 0. The minimum atomic E-state index is -1.22. The van der Waals surface area contributed by atoms with Crippen LogP contribution in [-0.2, 0) is 9.59 Å². The van der Waals surface area contributed by atoms with Gasteiger partial charge in [0.15, 0.2) is 0 Å². The van der Waals surface area contributed by atoms with Crippen molar-refractivity contribution >= 4 is 23.5 Å². The lowest BCUT2D eigenvalue weighted by atomic mass is 10.4. The van der Waals surface area contributed by atoms with Crippen LogP contribution in [0, 0.1) is 0 Å². The third-order valence-electron chi connectivity index (χ3n) is 0.646. The fraction of sp³-hybridized carbons (Fsp3) is 0. The molecule has 0 aromatic carbocycles. The van der Waals surface area contributed by atoms with Gasteiger partial charge in [0.05, 0.1) is 0 Å². The van der Waals surface area contributed by atoms with Crippen molar-refractivity contribution in [3.63, 3.8) is 0 Å². The Kier molecular flexibility index (Phi) is 3.98. The Morgan fingerprint density at radius 3 is 2.00 bits per heavy atom. The van der Waals surface area contributed by atoms with Gasteiger partial charge in [-0.1, -0.05) is 11.6 Å². The molecule has 2 N–H and O–H groups in total. The molecule has 0 amide bonds. The summed E-state index contributed by atoms with van der Waals surface area (Å²) in [5, 5.41) is 16.0. The summed E-state index contributed by atoms with van der Waals surface area (Å²) in [7, 11) is 0. The quantitative estimate of drug-likeness (QED) is 0.494. The number of carboxylic acids is 2. The third-order valence-corrected chi connectivity index (χ3v) is 0.882. The van der Waals surface area contributed by atoms with Gasteiger partial charge in [-0.3, -0.25) is 0 Å². The van der Waals surface area contributed by atoms with E-state index in [-0.39, 0.29) is 5.03 Å². The number of aliphatic carboxylic acids is 2. The summed E-state index contributed by atoms with van der Waals surface area (Å²) in [5.74, 6) is -2.40. The van der Waals surface area contributed by atoms with Gasteiger partial charge in [-0.25, -0.2) is 9.59 Å². The second-order valence-electron chi connectivity index (χ2n) is 1.54. The van der Waals surface area contributed by atoms with Gasteiger partial charge in [-0.15, -0.1) is 0 Å². The molecule has 0 aromatic heterocycles. The lowest BCUT2D eigenvalue weighted by Crippen LogP contribution is -1.89. The summed E-state index contributed by atoms with van der Waals surface area (Å²) in [6, 6.07) is 0. The van der Waals surface area contributed by atoms with Crippen molar-refractivity contribution in [1.82, 2.24) is 0 Å². The Hall–Kier alpha value is -1.29. The van der Waals surface area contributed by atoms with Crippen LogP contribution in [0.5, 0.6) is 0 Å². The molecular weight excluding hydrogens is 172 g/mol. The van der Waals surface area contributed by atoms with E-state index in [0.29, 0.717) is 6.08 Å². The van der Waals surface area contributed by atoms with Gasteiger partial charge in [-0.05, 0) is 6.08 Å². The number of carboxylic acid groups (broad SMARTS) is 2. The highest BCUT2D eigenvalue weighted by molar-refractivity contribution is 6.32. The lowest BCUT2D eigenvalue weighted by Gasteiger charge is -1.83. The topological polar surface area (TPSA) is 74.6 Å². The summed E-state index contributed by atoms with van der Waals surface area (Å²) in [6.45, 7) is 0. The zero-order valence-electron chi connectivity index (χ0n) is 5.32. The van der Waals surface area contributed by atoms with Crippen molar-refractivity contribution in [2.75, 3.05) is 0 Å². The molecule has 4 nitrogen and oxygen atoms in total. The van der Waals surface area contributed by atoms with Crippen LogP contribution in [0.2, 0.25) is 0 Å². The van der Waals surface area contributed by atoms with Crippen molar-refractivity contribution in [2.24, 2.45) is 0 Å². The van der Waals surface area contributed by atoms with E-state index >= 15 is 0 Å². The molecule has 5 heteroatoms. The summed E-state index contributed by atoms with van der Waals surface area (Å²) in [6.07, 6.45) is 2.43. The number of hydrogen-bond acceptors (Lipinski definition) is 2. The number of allylic oxidation sites excluding steroid dienone is 2. The summed E-state index contributed by atoms with van der Waals surface area (Å²) >= 11 is 5.25. The van der Waals surface area contributed by atoms with Crippen molar-refractivity contribution in [1.29, 1.82) is 0 Å². The van der Waals surface area contributed by atoms with E-state index in [1.165, 1.54) is 0 Å². The zero-order valence-corrected chi connectivity index (χ0v) is 6.08. The molecule has 0 aliphatic rings. The van der Waals surface area contributed by atoms with Crippen LogP contribution >= 0.6 is 11.6 Å². The van der Waals surface area contributed by atoms with E-state index in [1.807, 2.05) is 0 Å². The van der Waals surface area contributed by atoms with Crippen LogP contribution in [0.25, 0.3) is 0 Å². The SMILES string of the molecule is O=C(O)/C=C\C(Cl)=C\C(=O)O. The molecule has 60 valence electrons. The molecule has 0 aromatic rings. The van der Waals surface area contributed by atoms with Crippen molar-refractivity contribution < 1.29 is 19.8 Å². The largest absolute Gasteiger partial charge is 0.478 e.